The molecule has 8 heteroatoms. The number of hydrogen-bond donors (Lipinski definition) is 0. The van der Waals surface area contributed by atoms with Gasteiger partial charge in [0, 0.05) is 43.7 Å². The highest BCUT2D eigenvalue weighted by atomic mass is 16.5. The van der Waals surface area contributed by atoms with Crippen molar-refractivity contribution in [3.63, 3.8) is 0 Å². The van der Waals surface area contributed by atoms with E-state index in [2.05, 4.69) is 21.9 Å². The first kappa shape index (κ1) is 25.3. The average Bonchev–Trinajstić information content (AvgIpc) is 2.89. The Hall–Kier alpha value is -3.83. The van der Waals surface area contributed by atoms with Gasteiger partial charge in [0.05, 0.1) is 18.3 Å². The Bertz CT molecular complexity index is 1350. The summed E-state index contributed by atoms with van der Waals surface area (Å²) in [6.07, 6.45) is 0.812. The number of hydrogen-bond acceptors (Lipinski definition) is 6. The highest BCUT2D eigenvalue weighted by Gasteiger charge is 2.27. The zero-order valence-corrected chi connectivity index (χ0v) is 21.5. The Balaban J connectivity index is 1.64. The SMILES string of the molecule is COc1ccc(C(=O)N2CCN(c3c(C#N)c(=O)n(CCCN(C)C)c4ccc(C)cc34)CC2)cc1. The molecule has 0 saturated carbocycles. The number of methoxy groups -OCH3 is 1. The number of benzene rings is 2. The number of fused-ring (bicyclic) bond motifs is 1. The molecule has 2 aromatic carbocycles. The highest BCUT2D eigenvalue weighted by Crippen LogP contribution is 2.31. The molecule has 188 valence electrons. The van der Waals surface area contributed by atoms with Gasteiger partial charge in [0.2, 0.25) is 0 Å². The normalized spacial score (nSPS) is 13.8. The predicted molar refractivity (Wildman–Crippen MR) is 142 cm³/mol. The maximum atomic E-state index is 13.5. The summed E-state index contributed by atoms with van der Waals surface area (Å²) < 4.78 is 6.93. The fourth-order valence-corrected chi connectivity index (χ4v) is 4.80. The number of nitrogens with zero attached hydrogens (tertiary/aromatic N) is 5. The first-order valence-electron chi connectivity index (χ1n) is 12.2. The van der Waals surface area contributed by atoms with Crippen molar-refractivity contribution in [2.45, 2.75) is 19.9 Å². The molecular formula is C28H33N5O3. The number of ether oxygens (including phenoxy) is 1. The second-order valence-electron chi connectivity index (χ2n) is 9.48. The number of carbonyl (C=O) groups excluding carboxylic acids is 1. The van der Waals surface area contributed by atoms with Crippen LogP contribution in [0.4, 0.5) is 5.69 Å². The second kappa shape index (κ2) is 10.8. The summed E-state index contributed by atoms with van der Waals surface area (Å²) in [7, 11) is 5.61. The number of aromatic nitrogens is 1. The Kier molecular flexibility index (Phi) is 7.61. The standard InChI is InChI=1S/C28H33N5O3/c1-20-6-11-25-23(18-20)26(24(19-29)28(35)33(25)13-5-12-30(2)3)31-14-16-32(17-15-31)27(34)21-7-9-22(36-4)10-8-21/h6-11,18H,5,12-17H2,1-4H3. The molecule has 0 atom stereocenters. The number of nitriles is 1. The molecule has 1 amide bonds. The molecule has 0 bridgehead atoms. The lowest BCUT2D eigenvalue weighted by Crippen LogP contribution is -2.49. The number of rotatable bonds is 7. The molecular weight excluding hydrogens is 454 g/mol. The maximum absolute atomic E-state index is 13.5. The van der Waals surface area contributed by atoms with E-state index in [1.807, 2.05) is 38.1 Å². The van der Waals surface area contributed by atoms with Crippen LogP contribution in [0.2, 0.25) is 0 Å². The van der Waals surface area contributed by atoms with Crippen LogP contribution >= 0.6 is 0 Å². The number of piperazine rings is 1. The topological polar surface area (TPSA) is 81.8 Å². The minimum Gasteiger partial charge on any atom is -0.497 e. The Labute approximate surface area is 211 Å². The molecule has 1 aromatic heterocycles. The molecule has 0 spiro atoms. The summed E-state index contributed by atoms with van der Waals surface area (Å²) in [5, 5.41) is 11.0. The van der Waals surface area contributed by atoms with E-state index in [0.29, 0.717) is 49.7 Å². The van der Waals surface area contributed by atoms with Gasteiger partial charge in [0.25, 0.3) is 11.5 Å². The van der Waals surface area contributed by atoms with Gasteiger partial charge in [-0.05, 0) is 70.4 Å². The van der Waals surface area contributed by atoms with Crippen molar-refractivity contribution in [1.29, 1.82) is 5.26 Å². The maximum Gasteiger partial charge on any atom is 0.271 e. The molecule has 2 heterocycles. The van der Waals surface area contributed by atoms with E-state index in [-0.39, 0.29) is 17.0 Å². The van der Waals surface area contributed by atoms with Gasteiger partial charge in [-0.2, -0.15) is 5.26 Å². The fraction of sp³-hybridized carbons (Fsp3) is 0.393. The number of aryl methyl sites for hydroxylation is 2. The van der Waals surface area contributed by atoms with E-state index in [1.165, 1.54) is 0 Å². The van der Waals surface area contributed by atoms with Crippen molar-refractivity contribution in [2.24, 2.45) is 0 Å². The lowest BCUT2D eigenvalue weighted by atomic mass is 10.0. The molecule has 1 aliphatic rings. The second-order valence-corrected chi connectivity index (χ2v) is 9.48. The average molecular weight is 488 g/mol. The van der Waals surface area contributed by atoms with Gasteiger partial charge in [-0.15, -0.1) is 0 Å². The lowest BCUT2D eigenvalue weighted by Gasteiger charge is -2.37. The molecule has 0 radical (unpaired) electrons. The number of carbonyl (C=O) groups is 1. The fourth-order valence-electron chi connectivity index (χ4n) is 4.80. The van der Waals surface area contributed by atoms with E-state index in [0.717, 1.165) is 29.4 Å². The molecule has 8 nitrogen and oxygen atoms in total. The summed E-state index contributed by atoms with van der Waals surface area (Å²) in [6.45, 7) is 5.53. The summed E-state index contributed by atoms with van der Waals surface area (Å²) in [4.78, 5) is 32.5. The Morgan fingerprint density at radius 3 is 2.39 bits per heavy atom. The zero-order chi connectivity index (χ0) is 25.8. The van der Waals surface area contributed by atoms with Crippen LogP contribution in [-0.4, -0.2) is 74.2 Å². The van der Waals surface area contributed by atoms with Crippen LogP contribution in [0.15, 0.2) is 47.3 Å². The van der Waals surface area contributed by atoms with E-state index in [4.69, 9.17) is 4.74 Å². The smallest absolute Gasteiger partial charge is 0.271 e. The summed E-state index contributed by atoms with van der Waals surface area (Å²) in [5.74, 6) is 0.675. The summed E-state index contributed by atoms with van der Waals surface area (Å²) in [6, 6.07) is 15.4. The third-order valence-electron chi connectivity index (χ3n) is 6.71. The number of amides is 1. The van der Waals surface area contributed by atoms with Crippen LogP contribution in [0.1, 0.15) is 27.9 Å². The minimum absolute atomic E-state index is 0.0326. The Morgan fingerprint density at radius 2 is 1.78 bits per heavy atom. The molecule has 0 aliphatic carbocycles. The van der Waals surface area contributed by atoms with Crippen molar-refractivity contribution in [2.75, 3.05) is 58.8 Å². The summed E-state index contributed by atoms with van der Waals surface area (Å²) >= 11 is 0. The van der Waals surface area contributed by atoms with E-state index in [9.17, 15) is 14.9 Å². The lowest BCUT2D eigenvalue weighted by molar-refractivity contribution is 0.0747. The van der Waals surface area contributed by atoms with Crippen LogP contribution in [0, 0.1) is 18.3 Å². The summed E-state index contributed by atoms with van der Waals surface area (Å²) in [5.41, 5.74) is 3.13. The largest absolute Gasteiger partial charge is 0.497 e. The third-order valence-corrected chi connectivity index (χ3v) is 6.71. The van der Waals surface area contributed by atoms with Crippen LogP contribution < -0.4 is 15.2 Å². The molecule has 1 aliphatic heterocycles. The first-order valence-corrected chi connectivity index (χ1v) is 12.2. The highest BCUT2D eigenvalue weighted by molar-refractivity contribution is 5.96. The van der Waals surface area contributed by atoms with E-state index >= 15 is 0 Å². The molecule has 0 unspecified atom stereocenters. The number of pyridine rings is 1. The third kappa shape index (κ3) is 5.07. The van der Waals surface area contributed by atoms with Gasteiger partial charge in [0.1, 0.15) is 17.4 Å². The predicted octanol–water partition coefficient (Wildman–Crippen LogP) is 3.10. The molecule has 4 rings (SSSR count). The molecule has 0 N–H and O–H groups in total. The molecule has 1 fully saturated rings. The van der Waals surface area contributed by atoms with Crippen molar-refractivity contribution in [3.05, 3.63) is 69.5 Å². The minimum atomic E-state index is -0.251. The molecule has 36 heavy (non-hydrogen) atoms. The van der Waals surface area contributed by atoms with Gasteiger partial charge >= 0.3 is 0 Å². The molecule has 1 saturated heterocycles. The quantitative estimate of drug-likeness (QED) is 0.509. The Morgan fingerprint density at radius 1 is 1.08 bits per heavy atom. The van der Waals surface area contributed by atoms with E-state index in [1.54, 1.807) is 35.9 Å². The first-order chi connectivity index (χ1) is 17.3. The van der Waals surface area contributed by atoms with Crippen molar-refractivity contribution in [1.82, 2.24) is 14.4 Å². The zero-order valence-electron chi connectivity index (χ0n) is 21.5. The van der Waals surface area contributed by atoms with Gasteiger partial charge in [-0.1, -0.05) is 11.6 Å². The van der Waals surface area contributed by atoms with Crippen LogP contribution in [-0.2, 0) is 6.54 Å². The van der Waals surface area contributed by atoms with Gasteiger partial charge < -0.3 is 24.0 Å². The van der Waals surface area contributed by atoms with Crippen molar-refractivity contribution >= 4 is 22.5 Å². The van der Waals surface area contributed by atoms with Crippen LogP contribution in [0.3, 0.4) is 0 Å². The monoisotopic (exact) mass is 487 g/mol. The molecule has 3 aromatic rings. The van der Waals surface area contributed by atoms with Gasteiger partial charge in [0.15, 0.2) is 0 Å². The van der Waals surface area contributed by atoms with Crippen LogP contribution in [0.5, 0.6) is 5.75 Å². The van der Waals surface area contributed by atoms with Crippen LogP contribution in [0.25, 0.3) is 10.9 Å². The van der Waals surface area contributed by atoms with Gasteiger partial charge in [-0.25, -0.2) is 0 Å². The van der Waals surface area contributed by atoms with Crippen molar-refractivity contribution < 1.29 is 9.53 Å². The van der Waals surface area contributed by atoms with Crippen molar-refractivity contribution in [3.8, 4) is 11.8 Å². The number of anilines is 1. The van der Waals surface area contributed by atoms with E-state index < -0.39 is 0 Å². The van der Waals surface area contributed by atoms with Gasteiger partial charge in [-0.3, -0.25) is 9.59 Å².